The molecule has 1 N–H and O–H groups in total. The molecule has 2 fully saturated rings. The Balaban J connectivity index is 1.24. The van der Waals surface area contributed by atoms with Crippen molar-refractivity contribution in [2.24, 2.45) is 0 Å². The molecule has 2 saturated heterocycles. The van der Waals surface area contributed by atoms with E-state index in [0.29, 0.717) is 25.2 Å². The standard InChI is InChI=1S/C24H26N2O4/c27-22-9-8-20(23(28)25-22)30-18-6-7-19-21(14-18)29-16-24(19)10-12-26(13-11-24)15-17-4-2-1-3-5-17/h1-7,14,20H,8-13,15-16H2,(H,25,27,28)/t20-/m1/s1. The number of carbonyl (C=O) groups is 2. The van der Waals surface area contributed by atoms with Gasteiger partial charge in [0.05, 0.1) is 6.61 Å². The Kier molecular flexibility index (Phi) is 4.95. The van der Waals surface area contributed by atoms with Crippen LogP contribution in [0.4, 0.5) is 0 Å². The third kappa shape index (κ3) is 3.67. The summed E-state index contributed by atoms with van der Waals surface area (Å²) >= 11 is 0. The number of amides is 2. The SMILES string of the molecule is O=C1CC[C@@H](Oc2ccc3c(c2)OCC32CCN(Cc3ccccc3)CC2)C(=O)N1. The van der Waals surface area contributed by atoms with Crippen LogP contribution in [-0.4, -0.2) is 42.5 Å². The van der Waals surface area contributed by atoms with Gasteiger partial charge in [0.15, 0.2) is 6.10 Å². The first-order valence-corrected chi connectivity index (χ1v) is 10.7. The van der Waals surface area contributed by atoms with E-state index in [2.05, 4.69) is 46.6 Å². The quantitative estimate of drug-likeness (QED) is 0.791. The minimum atomic E-state index is -0.627. The van der Waals surface area contributed by atoms with Crippen LogP contribution in [0, 0.1) is 0 Å². The third-order valence-corrected chi connectivity index (χ3v) is 6.56. The van der Waals surface area contributed by atoms with Gasteiger partial charge in [0.1, 0.15) is 11.5 Å². The van der Waals surface area contributed by atoms with Crippen LogP contribution in [0.2, 0.25) is 0 Å². The zero-order valence-electron chi connectivity index (χ0n) is 16.9. The lowest BCUT2D eigenvalue weighted by atomic mass is 9.74. The number of imide groups is 1. The van der Waals surface area contributed by atoms with Gasteiger partial charge in [0.2, 0.25) is 5.91 Å². The maximum atomic E-state index is 12.0. The fourth-order valence-electron chi connectivity index (χ4n) is 4.77. The summed E-state index contributed by atoms with van der Waals surface area (Å²) in [5.74, 6) is 0.866. The van der Waals surface area contributed by atoms with Gasteiger partial charge in [-0.2, -0.15) is 0 Å². The number of nitrogens with zero attached hydrogens (tertiary/aromatic N) is 1. The molecular formula is C24H26N2O4. The van der Waals surface area contributed by atoms with Gasteiger partial charge in [-0.1, -0.05) is 36.4 Å². The minimum Gasteiger partial charge on any atom is -0.492 e. The van der Waals surface area contributed by atoms with E-state index >= 15 is 0 Å². The van der Waals surface area contributed by atoms with Gasteiger partial charge in [0.25, 0.3) is 5.91 Å². The lowest BCUT2D eigenvalue weighted by Gasteiger charge is -2.38. The molecule has 1 atom stereocenters. The second-order valence-corrected chi connectivity index (χ2v) is 8.55. The number of hydrogen-bond acceptors (Lipinski definition) is 5. The highest BCUT2D eigenvalue weighted by molar-refractivity contribution is 5.99. The zero-order chi connectivity index (χ0) is 20.6. The molecule has 2 aromatic rings. The molecule has 5 rings (SSSR count). The molecule has 30 heavy (non-hydrogen) atoms. The van der Waals surface area contributed by atoms with Gasteiger partial charge in [-0.3, -0.25) is 19.8 Å². The fourth-order valence-corrected chi connectivity index (χ4v) is 4.77. The van der Waals surface area contributed by atoms with E-state index in [1.165, 1.54) is 11.1 Å². The number of carbonyl (C=O) groups excluding carboxylic acids is 2. The molecule has 0 saturated carbocycles. The number of fused-ring (bicyclic) bond motifs is 2. The van der Waals surface area contributed by atoms with Gasteiger partial charge < -0.3 is 9.47 Å². The number of benzene rings is 2. The first-order valence-electron chi connectivity index (χ1n) is 10.7. The van der Waals surface area contributed by atoms with Gasteiger partial charge in [-0.15, -0.1) is 0 Å². The topological polar surface area (TPSA) is 67.9 Å². The predicted octanol–water partition coefficient (Wildman–Crippen LogP) is 2.80. The summed E-state index contributed by atoms with van der Waals surface area (Å²) in [4.78, 5) is 25.8. The largest absolute Gasteiger partial charge is 0.492 e. The van der Waals surface area contributed by atoms with E-state index in [4.69, 9.17) is 9.47 Å². The van der Waals surface area contributed by atoms with Crippen LogP contribution in [0.25, 0.3) is 0 Å². The van der Waals surface area contributed by atoms with Crippen LogP contribution >= 0.6 is 0 Å². The monoisotopic (exact) mass is 406 g/mol. The van der Waals surface area contributed by atoms with Crippen LogP contribution < -0.4 is 14.8 Å². The molecule has 2 amide bonds. The van der Waals surface area contributed by atoms with Crippen molar-refractivity contribution in [3.8, 4) is 11.5 Å². The van der Waals surface area contributed by atoms with Crippen molar-refractivity contribution in [1.82, 2.24) is 10.2 Å². The van der Waals surface area contributed by atoms with Gasteiger partial charge in [-0.25, -0.2) is 0 Å². The summed E-state index contributed by atoms with van der Waals surface area (Å²) in [5, 5.41) is 2.33. The van der Waals surface area contributed by atoms with Crippen LogP contribution in [0.15, 0.2) is 48.5 Å². The molecule has 0 aliphatic carbocycles. The molecule has 2 aromatic carbocycles. The Morgan fingerprint density at radius 3 is 2.67 bits per heavy atom. The van der Waals surface area contributed by atoms with Gasteiger partial charge in [0, 0.05) is 36.4 Å². The number of piperidine rings is 2. The summed E-state index contributed by atoms with van der Waals surface area (Å²) in [6, 6.07) is 16.5. The number of rotatable bonds is 4. The number of hydrogen-bond donors (Lipinski definition) is 1. The normalized spacial score (nSPS) is 23.0. The van der Waals surface area contributed by atoms with Crippen LogP contribution in [0.1, 0.15) is 36.8 Å². The first kappa shape index (κ1) is 19.1. The van der Waals surface area contributed by atoms with E-state index in [0.717, 1.165) is 38.2 Å². The molecule has 3 aliphatic rings. The van der Waals surface area contributed by atoms with Crippen molar-refractivity contribution >= 4 is 11.8 Å². The van der Waals surface area contributed by atoms with Crippen LogP contribution in [-0.2, 0) is 21.5 Å². The smallest absolute Gasteiger partial charge is 0.267 e. The summed E-state index contributed by atoms with van der Waals surface area (Å²) in [7, 11) is 0. The highest BCUT2D eigenvalue weighted by atomic mass is 16.5. The zero-order valence-corrected chi connectivity index (χ0v) is 16.9. The van der Waals surface area contributed by atoms with Crippen LogP contribution in [0.3, 0.4) is 0 Å². The molecule has 0 unspecified atom stereocenters. The number of nitrogens with one attached hydrogen (secondary N) is 1. The Morgan fingerprint density at radius 1 is 1.10 bits per heavy atom. The van der Waals surface area contributed by atoms with E-state index in [1.807, 2.05) is 12.1 Å². The first-order chi connectivity index (χ1) is 14.6. The van der Waals surface area contributed by atoms with Crippen molar-refractivity contribution < 1.29 is 19.1 Å². The minimum absolute atomic E-state index is 0.0652. The maximum Gasteiger partial charge on any atom is 0.267 e. The van der Waals surface area contributed by atoms with Crippen molar-refractivity contribution in [1.29, 1.82) is 0 Å². The Labute approximate surface area is 176 Å². The highest BCUT2D eigenvalue weighted by Crippen LogP contribution is 2.47. The molecule has 6 heteroatoms. The van der Waals surface area contributed by atoms with Crippen molar-refractivity contribution in [3.05, 3.63) is 59.7 Å². The van der Waals surface area contributed by atoms with E-state index in [1.54, 1.807) is 0 Å². The molecule has 0 radical (unpaired) electrons. The summed E-state index contributed by atoms with van der Waals surface area (Å²) in [6.45, 7) is 3.78. The van der Waals surface area contributed by atoms with Crippen molar-refractivity contribution in [2.75, 3.05) is 19.7 Å². The molecular weight excluding hydrogens is 380 g/mol. The molecule has 6 nitrogen and oxygen atoms in total. The Hall–Kier alpha value is -2.86. The lowest BCUT2D eigenvalue weighted by Crippen LogP contribution is -2.46. The van der Waals surface area contributed by atoms with E-state index in [-0.39, 0.29) is 17.2 Å². The number of ether oxygens (including phenoxy) is 2. The van der Waals surface area contributed by atoms with E-state index < -0.39 is 6.10 Å². The molecule has 156 valence electrons. The lowest BCUT2D eigenvalue weighted by molar-refractivity contribution is -0.138. The average Bonchev–Trinajstić information content (AvgIpc) is 3.10. The Bertz CT molecular complexity index is 951. The second kappa shape index (κ2) is 7.76. The third-order valence-electron chi connectivity index (χ3n) is 6.56. The van der Waals surface area contributed by atoms with Crippen molar-refractivity contribution in [3.63, 3.8) is 0 Å². The van der Waals surface area contributed by atoms with E-state index in [9.17, 15) is 9.59 Å². The number of likely N-dealkylation sites (tertiary alicyclic amines) is 1. The summed E-state index contributed by atoms with van der Waals surface area (Å²) in [5.41, 5.74) is 2.67. The van der Waals surface area contributed by atoms with Crippen molar-refractivity contribution in [2.45, 2.75) is 43.7 Å². The maximum absolute atomic E-state index is 12.0. The molecule has 3 heterocycles. The van der Waals surface area contributed by atoms with Crippen LogP contribution in [0.5, 0.6) is 11.5 Å². The molecule has 3 aliphatic heterocycles. The summed E-state index contributed by atoms with van der Waals surface area (Å²) in [6.07, 6.45) is 2.22. The molecule has 0 bridgehead atoms. The molecule has 0 aromatic heterocycles. The van der Waals surface area contributed by atoms with Gasteiger partial charge >= 0.3 is 0 Å². The summed E-state index contributed by atoms with van der Waals surface area (Å²) < 4.78 is 11.9. The average molecular weight is 406 g/mol. The predicted molar refractivity (Wildman–Crippen MR) is 111 cm³/mol. The second-order valence-electron chi connectivity index (χ2n) is 8.55. The fraction of sp³-hybridized carbons (Fsp3) is 0.417. The van der Waals surface area contributed by atoms with Gasteiger partial charge in [-0.05, 0) is 37.6 Å². The molecule has 1 spiro atoms. The highest BCUT2D eigenvalue weighted by Gasteiger charge is 2.43. The Morgan fingerprint density at radius 2 is 1.90 bits per heavy atom.